The quantitative estimate of drug-likeness (QED) is 0.417. The van der Waals surface area contributed by atoms with Crippen molar-refractivity contribution in [3.05, 3.63) is 69.8 Å². The number of hydrogen-bond donors (Lipinski definition) is 0. The number of nitro benzene ring substituents is 1. The van der Waals surface area contributed by atoms with Crippen LogP contribution in [-0.4, -0.2) is 15.9 Å². The number of para-hydroxylation sites is 1. The Balaban J connectivity index is 1.98. The fourth-order valence-electron chi connectivity index (χ4n) is 2.72. The molecule has 1 aliphatic rings. The second kappa shape index (κ2) is 4.36. The van der Waals surface area contributed by atoms with Crippen LogP contribution in [0.1, 0.15) is 15.9 Å². The van der Waals surface area contributed by atoms with Crippen molar-refractivity contribution in [1.29, 1.82) is 0 Å². The molecule has 106 valence electrons. The molecule has 0 amide bonds. The fraction of sp³-hybridized carbons (Fsp3) is 0. The van der Waals surface area contributed by atoms with Gasteiger partial charge in [-0.25, -0.2) is 0 Å². The van der Waals surface area contributed by atoms with Crippen molar-refractivity contribution in [3.63, 3.8) is 0 Å². The summed E-state index contributed by atoms with van der Waals surface area (Å²) >= 11 is 0. The SMILES string of the molecule is O=C1c2ccccc2-c2noc(-c3ccccc3[N+](=O)[O-])c21. The van der Waals surface area contributed by atoms with E-state index in [2.05, 4.69) is 5.16 Å². The van der Waals surface area contributed by atoms with Crippen molar-refractivity contribution in [1.82, 2.24) is 5.16 Å². The normalized spacial score (nSPS) is 12.1. The molecule has 0 saturated carbocycles. The standard InChI is InChI=1S/C16H8N2O4/c19-15-10-6-2-1-5-9(10)14-13(15)16(22-17-14)11-7-3-4-8-12(11)18(20)21/h1-8H. The highest BCUT2D eigenvalue weighted by molar-refractivity contribution is 6.23. The van der Waals surface area contributed by atoms with Crippen LogP contribution in [0, 0.1) is 10.1 Å². The zero-order valence-corrected chi connectivity index (χ0v) is 11.1. The lowest BCUT2D eigenvalue weighted by atomic mass is 10.0. The summed E-state index contributed by atoms with van der Waals surface area (Å²) in [5.41, 5.74) is 2.09. The first kappa shape index (κ1) is 12.5. The number of aromatic nitrogens is 1. The van der Waals surface area contributed by atoms with Crippen molar-refractivity contribution in [2.45, 2.75) is 0 Å². The van der Waals surface area contributed by atoms with Crippen molar-refractivity contribution < 1.29 is 14.2 Å². The molecule has 0 N–H and O–H groups in total. The third-order valence-electron chi connectivity index (χ3n) is 3.69. The molecule has 0 aliphatic heterocycles. The molecule has 0 radical (unpaired) electrons. The number of nitrogens with zero attached hydrogens (tertiary/aromatic N) is 2. The highest BCUT2D eigenvalue weighted by atomic mass is 16.6. The maximum absolute atomic E-state index is 12.6. The van der Waals surface area contributed by atoms with Crippen LogP contribution in [0.15, 0.2) is 53.1 Å². The minimum atomic E-state index is -0.503. The predicted molar refractivity (Wildman–Crippen MR) is 77.5 cm³/mol. The van der Waals surface area contributed by atoms with E-state index in [1.807, 2.05) is 0 Å². The molecule has 0 saturated heterocycles. The van der Waals surface area contributed by atoms with Crippen molar-refractivity contribution in [2.24, 2.45) is 0 Å². The van der Waals surface area contributed by atoms with E-state index in [9.17, 15) is 14.9 Å². The average molecular weight is 292 g/mol. The number of carbonyl (C=O) groups is 1. The van der Waals surface area contributed by atoms with E-state index in [4.69, 9.17) is 4.52 Å². The first-order valence-corrected chi connectivity index (χ1v) is 6.56. The molecular weight excluding hydrogens is 284 g/mol. The molecular formula is C16H8N2O4. The van der Waals surface area contributed by atoms with Gasteiger partial charge < -0.3 is 4.52 Å². The first-order valence-electron chi connectivity index (χ1n) is 6.56. The molecule has 1 aliphatic carbocycles. The lowest BCUT2D eigenvalue weighted by Gasteiger charge is -2.00. The van der Waals surface area contributed by atoms with Crippen LogP contribution in [0.3, 0.4) is 0 Å². The van der Waals surface area contributed by atoms with Gasteiger partial charge in [0.05, 0.1) is 16.1 Å². The summed E-state index contributed by atoms with van der Waals surface area (Å²) in [7, 11) is 0. The number of nitro groups is 1. The van der Waals surface area contributed by atoms with E-state index in [0.717, 1.165) is 0 Å². The molecule has 0 bridgehead atoms. The Morgan fingerprint density at radius 1 is 0.955 bits per heavy atom. The third kappa shape index (κ3) is 1.54. The van der Waals surface area contributed by atoms with Gasteiger partial charge in [0.1, 0.15) is 5.69 Å². The van der Waals surface area contributed by atoms with Crippen LogP contribution in [0.5, 0.6) is 0 Å². The van der Waals surface area contributed by atoms with Gasteiger partial charge in [0.25, 0.3) is 5.69 Å². The lowest BCUT2D eigenvalue weighted by molar-refractivity contribution is -0.384. The summed E-state index contributed by atoms with van der Waals surface area (Å²) in [4.78, 5) is 23.2. The van der Waals surface area contributed by atoms with Crippen molar-refractivity contribution in [3.8, 4) is 22.6 Å². The van der Waals surface area contributed by atoms with E-state index in [0.29, 0.717) is 16.8 Å². The minimum absolute atomic E-state index is 0.120. The van der Waals surface area contributed by atoms with Crippen LogP contribution < -0.4 is 0 Å². The number of hydrogen-bond acceptors (Lipinski definition) is 5. The van der Waals surface area contributed by atoms with E-state index in [1.165, 1.54) is 6.07 Å². The third-order valence-corrected chi connectivity index (χ3v) is 3.69. The molecule has 3 aromatic rings. The monoisotopic (exact) mass is 292 g/mol. The summed E-state index contributed by atoms with van der Waals surface area (Å²) in [5, 5.41) is 15.1. The Kier molecular flexibility index (Phi) is 2.47. The highest BCUT2D eigenvalue weighted by Gasteiger charge is 2.36. The summed E-state index contributed by atoms with van der Waals surface area (Å²) < 4.78 is 5.27. The van der Waals surface area contributed by atoms with Gasteiger partial charge in [0.15, 0.2) is 11.5 Å². The molecule has 1 aromatic heterocycles. The summed E-state index contributed by atoms with van der Waals surface area (Å²) in [5.74, 6) is -0.0801. The largest absolute Gasteiger partial charge is 0.355 e. The van der Waals surface area contributed by atoms with Gasteiger partial charge >= 0.3 is 0 Å². The summed E-state index contributed by atoms with van der Waals surface area (Å²) in [6.07, 6.45) is 0. The Morgan fingerprint density at radius 3 is 2.32 bits per heavy atom. The Labute approximate surface area is 124 Å². The second-order valence-corrected chi connectivity index (χ2v) is 4.88. The molecule has 1 heterocycles. The van der Waals surface area contributed by atoms with E-state index in [1.54, 1.807) is 42.5 Å². The molecule has 0 spiro atoms. The zero-order chi connectivity index (χ0) is 15.3. The fourth-order valence-corrected chi connectivity index (χ4v) is 2.72. The van der Waals surface area contributed by atoms with Gasteiger partial charge in [0.2, 0.25) is 0 Å². The van der Waals surface area contributed by atoms with Crippen LogP contribution in [0.4, 0.5) is 5.69 Å². The van der Waals surface area contributed by atoms with Crippen LogP contribution in [0.2, 0.25) is 0 Å². The molecule has 2 aromatic carbocycles. The van der Waals surface area contributed by atoms with Gasteiger partial charge in [-0.1, -0.05) is 41.6 Å². The van der Waals surface area contributed by atoms with E-state index < -0.39 is 4.92 Å². The molecule has 22 heavy (non-hydrogen) atoms. The van der Waals surface area contributed by atoms with Crippen molar-refractivity contribution in [2.75, 3.05) is 0 Å². The van der Waals surface area contributed by atoms with Gasteiger partial charge in [-0.05, 0) is 6.07 Å². The molecule has 6 heteroatoms. The van der Waals surface area contributed by atoms with Gasteiger partial charge in [-0.15, -0.1) is 0 Å². The molecule has 6 nitrogen and oxygen atoms in total. The van der Waals surface area contributed by atoms with Gasteiger partial charge in [-0.2, -0.15) is 0 Å². The maximum atomic E-state index is 12.6. The summed E-state index contributed by atoms with van der Waals surface area (Å²) in [6, 6.07) is 13.2. The topological polar surface area (TPSA) is 86.2 Å². The van der Waals surface area contributed by atoms with E-state index in [-0.39, 0.29) is 28.4 Å². The smallest absolute Gasteiger partial charge is 0.280 e. The van der Waals surface area contributed by atoms with Crippen molar-refractivity contribution >= 4 is 11.5 Å². The number of fused-ring (bicyclic) bond motifs is 3. The average Bonchev–Trinajstić information content (AvgIpc) is 3.08. The number of benzene rings is 2. The lowest BCUT2D eigenvalue weighted by Crippen LogP contribution is -1.98. The van der Waals surface area contributed by atoms with Gasteiger partial charge in [-0.3, -0.25) is 14.9 Å². The summed E-state index contributed by atoms with van der Waals surface area (Å²) in [6.45, 7) is 0. The predicted octanol–water partition coefficient (Wildman–Crippen LogP) is 3.46. The van der Waals surface area contributed by atoms with Crippen LogP contribution >= 0.6 is 0 Å². The highest BCUT2D eigenvalue weighted by Crippen LogP contribution is 2.43. The number of ketones is 1. The minimum Gasteiger partial charge on any atom is -0.355 e. The maximum Gasteiger partial charge on any atom is 0.280 e. The number of carbonyl (C=O) groups excluding carboxylic acids is 1. The molecule has 0 fully saturated rings. The van der Waals surface area contributed by atoms with E-state index >= 15 is 0 Å². The Morgan fingerprint density at radius 2 is 1.59 bits per heavy atom. The second-order valence-electron chi connectivity index (χ2n) is 4.88. The first-order chi connectivity index (χ1) is 10.7. The Hall–Kier alpha value is -3.28. The molecule has 0 atom stereocenters. The van der Waals surface area contributed by atoms with Crippen LogP contribution in [-0.2, 0) is 0 Å². The molecule has 4 rings (SSSR count). The number of rotatable bonds is 2. The zero-order valence-electron chi connectivity index (χ0n) is 11.1. The van der Waals surface area contributed by atoms with Crippen LogP contribution in [0.25, 0.3) is 22.6 Å². The Bertz CT molecular complexity index is 943. The van der Waals surface area contributed by atoms with Gasteiger partial charge in [0, 0.05) is 17.2 Å². The molecule has 0 unspecified atom stereocenters.